The number of hydrogen-bond acceptors (Lipinski definition) is 3. The van der Waals surface area contributed by atoms with Crippen molar-refractivity contribution < 1.29 is 9.59 Å². The Morgan fingerprint density at radius 2 is 1.62 bits per heavy atom. The first-order valence-corrected chi connectivity index (χ1v) is 9.29. The molecule has 0 aliphatic rings. The zero-order valence-electron chi connectivity index (χ0n) is 14.3. The van der Waals surface area contributed by atoms with Gasteiger partial charge in [-0.15, -0.1) is 0 Å². The Morgan fingerprint density at radius 3 is 2.19 bits per heavy atom. The first-order valence-electron chi connectivity index (χ1n) is 7.74. The van der Waals surface area contributed by atoms with Crippen molar-refractivity contribution in [1.29, 1.82) is 0 Å². The standard InChI is InChI=1S/C18H18BrCl2N3O2/c1-11-6-7-15(12(19)8-11)22-16(25)9-24(2)10-17(26)23-18-13(20)4-3-5-14(18)21/h3-8H,9-10H2,1-2H3,(H,22,25)(H,23,26). The second-order valence-corrected chi connectivity index (χ2v) is 7.52. The first-order chi connectivity index (χ1) is 12.3. The van der Waals surface area contributed by atoms with Gasteiger partial charge in [0.1, 0.15) is 0 Å². The second kappa shape index (κ2) is 9.37. The number of amides is 2. The van der Waals surface area contributed by atoms with Gasteiger partial charge in [0, 0.05) is 4.47 Å². The highest BCUT2D eigenvalue weighted by molar-refractivity contribution is 9.10. The maximum atomic E-state index is 12.2. The number of nitrogens with one attached hydrogen (secondary N) is 2. The fourth-order valence-corrected chi connectivity index (χ4v) is 3.34. The number of carbonyl (C=O) groups excluding carboxylic acids is 2. The average molecular weight is 459 g/mol. The summed E-state index contributed by atoms with van der Waals surface area (Å²) in [6.07, 6.45) is 0. The van der Waals surface area contributed by atoms with Crippen molar-refractivity contribution in [3.05, 3.63) is 56.5 Å². The van der Waals surface area contributed by atoms with Crippen LogP contribution in [0.2, 0.25) is 10.0 Å². The largest absolute Gasteiger partial charge is 0.324 e. The van der Waals surface area contributed by atoms with E-state index < -0.39 is 0 Å². The van der Waals surface area contributed by atoms with E-state index in [4.69, 9.17) is 23.2 Å². The molecular formula is C18H18BrCl2N3O2. The normalized spacial score (nSPS) is 10.7. The molecule has 0 saturated carbocycles. The Labute approximate surface area is 170 Å². The molecule has 0 saturated heterocycles. The van der Waals surface area contributed by atoms with Gasteiger partial charge in [-0.3, -0.25) is 14.5 Å². The molecule has 8 heteroatoms. The van der Waals surface area contributed by atoms with Crippen molar-refractivity contribution in [2.45, 2.75) is 6.92 Å². The van der Waals surface area contributed by atoms with Crippen LogP contribution in [-0.2, 0) is 9.59 Å². The van der Waals surface area contributed by atoms with E-state index in [1.165, 1.54) is 0 Å². The zero-order chi connectivity index (χ0) is 19.3. The topological polar surface area (TPSA) is 61.4 Å². The van der Waals surface area contributed by atoms with E-state index in [1.54, 1.807) is 30.1 Å². The minimum atomic E-state index is -0.313. The molecular weight excluding hydrogens is 441 g/mol. The Kier molecular flexibility index (Phi) is 7.46. The molecule has 26 heavy (non-hydrogen) atoms. The Bertz CT molecular complexity index is 810. The van der Waals surface area contributed by atoms with Gasteiger partial charge in [-0.05, 0) is 59.7 Å². The van der Waals surface area contributed by atoms with Crippen LogP contribution in [-0.4, -0.2) is 36.9 Å². The molecule has 0 heterocycles. The number of hydrogen-bond donors (Lipinski definition) is 2. The Morgan fingerprint density at radius 1 is 1.04 bits per heavy atom. The van der Waals surface area contributed by atoms with Crippen LogP contribution in [0.4, 0.5) is 11.4 Å². The molecule has 0 spiro atoms. The van der Waals surface area contributed by atoms with Gasteiger partial charge in [0.2, 0.25) is 11.8 Å². The summed E-state index contributed by atoms with van der Waals surface area (Å²) in [6, 6.07) is 10.6. The van der Waals surface area contributed by atoms with Gasteiger partial charge >= 0.3 is 0 Å². The van der Waals surface area contributed by atoms with Gasteiger partial charge in [0.15, 0.2) is 0 Å². The lowest BCUT2D eigenvalue weighted by Crippen LogP contribution is -2.36. The van der Waals surface area contributed by atoms with Crippen LogP contribution in [0.1, 0.15) is 5.56 Å². The molecule has 2 N–H and O–H groups in total. The molecule has 0 radical (unpaired) electrons. The van der Waals surface area contributed by atoms with Gasteiger partial charge in [-0.2, -0.15) is 0 Å². The van der Waals surface area contributed by atoms with Gasteiger partial charge in [-0.1, -0.05) is 35.3 Å². The van der Waals surface area contributed by atoms with Crippen molar-refractivity contribution in [2.75, 3.05) is 30.8 Å². The van der Waals surface area contributed by atoms with E-state index >= 15 is 0 Å². The fourth-order valence-electron chi connectivity index (χ4n) is 2.25. The third-order valence-electron chi connectivity index (χ3n) is 3.45. The molecule has 2 aromatic rings. The molecule has 138 valence electrons. The highest BCUT2D eigenvalue weighted by Crippen LogP contribution is 2.29. The van der Waals surface area contributed by atoms with Crippen LogP contribution in [0.15, 0.2) is 40.9 Å². The number of halogens is 3. The summed E-state index contributed by atoms with van der Waals surface area (Å²) in [4.78, 5) is 25.9. The van der Waals surface area contributed by atoms with Gasteiger partial charge in [0.25, 0.3) is 0 Å². The van der Waals surface area contributed by atoms with Crippen LogP contribution in [0.25, 0.3) is 0 Å². The SMILES string of the molecule is Cc1ccc(NC(=O)CN(C)CC(=O)Nc2c(Cl)cccc2Cl)c(Br)c1. The number of rotatable bonds is 6. The van der Waals surface area contributed by atoms with Crippen LogP contribution < -0.4 is 10.6 Å². The van der Waals surface area contributed by atoms with Crippen molar-refractivity contribution in [2.24, 2.45) is 0 Å². The summed E-state index contributed by atoms with van der Waals surface area (Å²) < 4.78 is 0.805. The molecule has 0 aliphatic heterocycles. The third-order valence-corrected chi connectivity index (χ3v) is 4.74. The fraction of sp³-hybridized carbons (Fsp3) is 0.222. The highest BCUT2D eigenvalue weighted by atomic mass is 79.9. The molecule has 2 rings (SSSR count). The van der Waals surface area contributed by atoms with Crippen LogP contribution in [0.5, 0.6) is 0 Å². The lowest BCUT2D eigenvalue weighted by atomic mass is 10.2. The Balaban J connectivity index is 1.88. The molecule has 0 unspecified atom stereocenters. The minimum Gasteiger partial charge on any atom is -0.324 e. The van der Waals surface area contributed by atoms with E-state index in [9.17, 15) is 9.59 Å². The molecule has 0 aromatic heterocycles. The van der Waals surface area contributed by atoms with Gasteiger partial charge in [0.05, 0.1) is 34.5 Å². The van der Waals surface area contributed by atoms with Crippen LogP contribution >= 0.6 is 39.1 Å². The van der Waals surface area contributed by atoms with Crippen molar-refractivity contribution in [1.82, 2.24) is 4.90 Å². The first kappa shape index (κ1) is 20.7. The minimum absolute atomic E-state index is 0.0179. The number of para-hydroxylation sites is 1. The molecule has 0 aliphatic carbocycles. The number of likely N-dealkylation sites (N-methyl/N-ethyl adjacent to an activating group) is 1. The quantitative estimate of drug-likeness (QED) is 0.666. The predicted octanol–water partition coefficient (Wildman–Crippen LogP) is 4.57. The third kappa shape index (κ3) is 5.99. The summed E-state index contributed by atoms with van der Waals surface area (Å²) in [5.74, 6) is -0.535. The highest BCUT2D eigenvalue weighted by Gasteiger charge is 2.14. The van der Waals surface area contributed by atoms with E-state index in [0.717, 1.165) is 10.0 Å². The summed E-state index contributed by atoms with van der Waals surface area (Å²) in [7, 11) is 1.68. The maximum absolute atomic E-state index is 12.2. The molecule has 2 amide bonds. The van der Waals surface area contributed by atoms with E-state index in [0.29, 0.717) is 21.4 Å². The van der Waals surface area contributed by atoms with Gasteiger partial charge in [-0.25, -0.2) is 0 Å². The van der Waals surface area contributed by atoms with Crippen LogP contribution in [0.3, 0.4) is 0 Å². The van der Waals surface area contributed by atoms with Gasteiger partial charge < -0.3 is 10.6 Å². The van der Waals surface area contributed by atoms with E-state index in [-0.39, 0.29) is 24.9 Å². The van der Waals surface area contributed by atoms with Crippen molar-refractivity contribution in [3.8, 4) is 0 Å². The lowest BCUT2D eigenvalue weighted by Gasteiger charge is -2.17. The molecule has 0 atom stereocenters. The summed E-state index contributed by atoms with van der Waals surface area (Å²) in [5, 5.41) is 6.19. The number of aryl methyl sites for hydroxylation is 1. The molecule has 5 nitrogen and oxygen atoms in total. The molecule has 2 aromatic carbocycles. The van der Waals surface area contributed by atoms with Crippen molar-refractivity contribution >= 4 is 62.3 Å². The van der Waals surface area contributed by atoms with E-state index in [2.05, 4.69) is 26.6 Å². The zero-order valence-corrected chi connectivity index (χ0v) is 17.4. The summed E-state index contributed by atoms with van der Waals surface area (Å²) in [5.41, 5.74) is 2.13. The molecule has 0 bridgehead atoms. The molecule has 0 fully saturated rings. The monoisotopic (exact) mass is 457 g/mol. The average Bonchev–Trinajstić information content (AvgIpc) is 2.53. The number of anilines is 2. The summed E-state index contributed by atoms with van der Waals surface area (Å²) >= 11 is 15.5. The smallest absolute Gasteiger partial charge is 0.238 e. The van der Waals surface area contributed by atoms with E-state index in [1.807, 2.05) is 25.1 Å². The summed E-state index contributed by atoms with van der Waals surface area (Å²) in [6.45, 7) is 2.04. The second-order valence-electron chi connectivity index (χ2n) is 5.85. The van der Waals surface area contributed by atoms with Crippen molar-refractivity contribution in [3.63, 3.8) is 0 Å². The predicted molar refractivity (Wildman–Crippen MR) is 110 cm³/mol. The number of nitrogens with zero attached hydrogens (tertiary/aromatic N) is 1. The number of carbonyl (C=O) groups is 2. The maximum Gasteiger partial charge on any atom is 0.238 e. The van der Waals surface area contributed by atoms with Crippen LogP contribution in [0, 0.1) is 6.92 Å². The lowest BCUT2D eigenvalue weighted by molar-refractivity contribution is -0.119. The Hall–Kier alpha value is -1.60. The number of benzene rings is 2.